The van der Waals surface area contributed by atoms with Gasteiger partial charge in [-0.05, 0) is 43.0 Å². The first-order chi connectivity index (χ1) is 12.8. The molecule has 0 saturated carbocycles. The highest BCUT2D eigenvalue weighted by Crippen LogP contribution is 2.11. The van der Waals surface area contributed by atoms with Crippen molar-refractivity contribution in [2.75, 3.05) is 26.2 Å². The maximum absolute atomic E-state index is 5.82. The van der Waals surface area contributed by atoms with E-state index >= 15 is 0 Å². The lowest BCUT2D eigenvalue weighted by molar-refractivity contribution is 0.117. The van der Waals surface area contributed by atoms with Crippen LogP contribution < -0.4 is 10.6 Å². The molecule has 0 radical (unpaired) electrons. The molecule has 3 rings (SSSR count). The Morgan fingerprint density at radius 1 is 1.23 bits per heavy atom. The molecule has 3 heterocycles. The van der Waals surface area contributed by atoms with Gasteiger partial charge in [-0.15, -0.1) is 0 Å². The molecule has 1 saturated heterocycles. The lowest BCUT2D eigenvalue weighted by Gasteiger charge is -2.14. The number of ether oxygens (including phenoxy) is 1. The van der Waals surface area contributed by atoms with E-state index in [9.17, 15) is 0 Å². The fourth-order valence-electron chi connectivity index (χ4n) is 2.79. The van der Waals surface area contributed by atoms with E-state index in [-0.39, 0.29) is 6.10 Å². The van der Waals surface area contributed by atoms with Crippen molar-refractivity contribution in [1.29, 1.82) is 0 Å². The van der Waals surface area contributed by atoms with Crippen molar-refractivity contribution >= 4 is 17.6 Å². The number of hydrogen-bond donors (Lipinski definition) is 2. The summed E-state index contributed by atoms with van der Waals surface area (Å²) in [6.07, 6.45) is 7.60. The van der Waals surface area contributed by atoms with Gasteiger partial charge < -0.3 is 19.8 Å². The largest absolute Gasteiger partial charge is 0.469 e. The lowest BCUT2D eigenvalue weighted by atomic mass is 10.2. The fourth-order valence-corrected chi connectivity index (χ4v) is 2.91. The van der Waals surface area contributed by atoms with Gasteiger partial charge in [0.15, 0.2) is 5.96 Å². The molecule has 2 aromatic rings. The standard InChI is InChI=1S/C19H25ClN4O2/c20-18-6-5-15(13-23-18)7-9-21-19(24-14-17-4-2-12-26-17)22-10-8-16-3-1-11-25-16/h1,3,5-6,11,13,17H,2,4,7-10,12,14H2,(H2,21,22,24). The van der Waals surface area contributed by atoms with Crippen molar-refractivity contribution in [3.8, 4) is 0 Å². The molecule has 2 aromatic heterocycles. The van der Waals surface area contributed by atoms with Crippen LogP contribution >= 0.6 is 11.6 Å². The van der Waals surface area contributed by atoms with Crippen LogP contribution in [0.15, 0.2) is 46.1 Å². The van der Waals surface area contributed by atoms with Crippen LogP contribution in [0, 0.1) is 0 Å². The molecule has 1 aliphatic heterocycles. The van der Waals surface area contributed by atoms with Gasteiger partial charge in [-0.1, -0.05) is 17.7 Å². The predicted octanol–water partition coefficient (Wildman–Crippen LogP) is 2.83. The van der Waals surface area contributed by atoms with Gasteiger partial charge >= 0.3 is 0 Å². The number of nitrogens with one attached hydrogen (secondary N) is 2. The Morgan fingerprint density at radius 2 is 2.12 bits per heavy atom. The minimum atomic E-state index is 0.235. The van der Waals surface area contributed by atoms with Crippen LogP contribution in [0.25, 0.3) is 0 Å². The van der Waals surface area contributed by atoms with E-state index in [1.807, 2.05) is 24.3 Å². The van der Waals surface area contributed by atoms with E-state index in [1.54, 1.807) is 12.5 Å². The molecule has 2 N–H and O–H groups in total. The van der Waals surface area contributed by atoms with Gasteiger partial charge in [0.05, 0.1) is 18.9 Å². The molecule has 7 heteroatoms. The van der Waals surface area contributed by atoms with Crippen molar-refractivity contribution in [1.82, 2.24) is 15.6 Å². The average Bonchev–Trinajstić information content (AvgIpc) is 3.35. The molecule has 26 heavy (non-hydrogen) atoms. The summed E-state index contributed by atoms with van der Waals surface area (Å²) in [6, 6.07) is 7.68. The number of rotatable bonds is 8. The minimum absolute atomic E-state index is 0.235. The maximum Gasteiger partial charge on any atom is 0.191 e. The van der Waals surface area contributed by atoms with E-state index in [2.05, 4.69) is 20.6 Å². The van der Waals surface area contributed by atoms with E-state index < -0.39 is 0 Å². The van der Waals surface area contributed by atoms with Crippen LogP contribution in [0.3, 0.4) is 0 Å². The van der Waals surface area contributed by atoms with Crippen LogP contribution in [-0.4, -0.2) is 43.3 Å². The molecule has 0 spiro atoms. The van der Waals surface area contributed by atoms with Gasteiger partial charge in [0.1, 0.15) is 10.9 Å². The Morgan fingerprint density at radius 3 is 2.81 bits per heavy atom. The smallest absolute Gasteiger partial charge is 0.191 e. The molecular weight excluding hydrogens is 352 g/mol. The Kier molecular flexibility index (Phi) is 7.34. The number of pyridine rings is 1. The summed E-state index contributed by atoms with van der Waals surface area (Å²) < 4.78 is 11.0. The van der Waals surface area contributed by atoms with Gasteiger partial charge in [-0.3, -0.25) is 4.99 Å². The van der Waals surface area contributed by atoms with Gasteiger partial charge in [0, 0.05) is 32.3 Å². The zero-order valence-electron chi connectivity index (χ0n) is 14.8. The van der Waals surface area contributed by atoms with Gasteiger partial charge in [0.2, 0.25) is 0 Å². The van der Waals surface area contributed by atoms with Crippen LogP contribution in [0.2, 0.25) is 5.15 Å². The van der Waals surface area contributed by atoms with Gasteiger partial charge in [-0.2, -0.15) is 0 Å². The monoisotopic (exact) mass is 376 g/mol. The number of guanidine groups is 1. The third-order valence-corrected chi connectivity index (χ3v) is 4.44. The quantitative estimate of drug-likeness (QED) is 0.421. The second kappa shape index (κ2) is 10.2. The van der Waals surface area contributed by atoms with Gasteiger partial charge in [0.25, 0.3) is 0 Å². The van der Waals surface area contributed by atoms with E-state index in [1.165, 1.54) is 0 Å². The predicted molar refractivity (Wildman–Crippen MR) is 103 cm³/mol. The zero-order valence-corrected chi connectivity index (χ0v) is 15.5. The lowest BCUT2D eigenvalue weighted by Crippen LogP contribution is -2.40. The molecule has 1 unspecified atom stereocenters. The molecule has 6 nitrogen and oxygen atoms in total. The average molecular weight is 377 g/mol. The zero-order chi connectivity index (χ0) is 18.0. The van der Waals surface area contributed by atoms with Crippen molar-refractivity contribution < 1.29 is 9.15 Å². The van der Waals surface area contributed by atoms with Crippen LogP contribution in [-0.2, 0) is 17.6 Å². The number of aromatic nitrogens is 1. The van der Waals surface area contributed by atoms with Crippen LogP contribution in [0.5, 0.6) is 0 Å². The van der Waals surface area contributed by atoms with Crippen molar-refractivity contribution in [2.45, 2.75) is 31.8 Å². The summed E-state index contributed by atoms with van der Waals surface area (Å²) in [5.41, 5.74) is 1.14. The number of hydrogen-bond acceptors (Lipinski definition) is 4. The molecule has 0 aliphatic carbocycles. The van der Waals surface area contributed by atoms with Gasteiger partial charge in [-0.25, -0.2) is 4.98 Å². The number of halogens is 1. The second-order valence-electron chi connectivity index (χ2n) is 6.25. The highest BCUT2D eigenvalue weighted by Gasteiger charge is 2.14. The maximum atomic E-state index is 5.82. The molecular formula is C19H25ClN4O2. The molecule has 1 atom stereocenters. The Balaban J connectivity index is 1.47. The van der Waals surface area contributed by atoms with Crippen molar-refractivity contribution in [2.24, 2.45) is 4.99 Å². The third-order valence-electron chi connectivity index (χ3n) is 4.22. The van der Waals surface area contributed by atoms with E-state index in [4.69, 9.17) is 20.8 Å². The van der Waals surface area contributed by atoms with Crippen molar-refractivity contribution in [3.05, 3.63) is 53.2 Å². The molecule has 0 bridgehead atoms. The summed E-state index contributed by atoms with van der Waals surface area (Å²) in [5, 5.41) is 7.26. The first-order valence-electron chi connectivity index (χ1n) is 9.06. The Labute approximate surface area is 159 Å². The molecule has 1 fully saturated rings. The molecule has 0 amide bonds. The normalized spacial score (nSPS) is 17.4. The first-order valence-corrected chi connectivity index (χ1v) is 9.44. The number of nitrogens with zero attached hydrogens (tertiary/aromatic N) is 2. The summed E-state index contributed by atoms with van der Waals surface area (Å²) in [4.78, 5) is 8.78. The fraction of sp³-hybridized carbons (Fsp3) is 0.474. The summed E-state index contributed by atoms with van der Waals surface area (Å²) in [6.45, 7) is 3.05. The first kappa shape index (κ1) is 18.7. The van der Waals surface area contributed by atoms with Crippen molar-refractivity contribution in [3.63, 3.8) is 0 Å². The Bertz CT molecular complexity index is 667. The summed E-state index contributed by atoms with van der Waals surface area (Å²) >= 11 is 5.82. The van der Waals surface area contributed by atoms with Crippen LogP contribution in [0.4, 0.5) is 0 Å². The summed E-state index contributed by atoms with van der Waals surface area (Å²) in [5.74, 6) is 1.76. The Hall–Kier alpha value is -2.05. The topological polar surface area (TPSA) is 71.7 Å². The summed E-state index contributed by atoms with van der Waals surface area (Å²) in [7, 11) is 0. The highest BCUT2D eigenvalue weighted by atomic mass is 35.5. The molecule has 0 aromatic carbocycles. The molecule has 140 valence electrons. The third kappa shape index (κ3) is 6.35. The highest BCUT2D eigenvalue weighted by molar-refractivity contribution is 6.29. The van der Waals surface area contributed by atoms with E-state index in [0.29, 0.717) is 11.7 Å². The minimum Gasteiger partial charge on any atom is -0.469 e. The molecule has 1 aliphatic rings. The number of aliphatic imine (C=N–C) groups is 1. The SMILES string of the molecule is Clc1ccc(CCNC(=NCC2CCCO2)NCCc2ccco2)cn1. The van der Waals surface area contributed by atoms with Crippen LogP contribution in [0.1, 0.15) is 24.2 Å². The second-order valence-corrected chi connectivity index (χ2v) is 6.63. The number of furan rings is 1. The van der Waals surface area contributed by atoms with E-state index in [0.717, 1.165) is 62.7 Å².